The first-order valence-electron chi connectivity index (χ1n) is 5.29. The first kappa shape index (κ1) is 11.8. The van der Waals surface area contributed by atoms with Gasteiger partial charge >= 0.3 is 5.69 Å². The quantitative estimate of drug-likeness (QED) is 0.753. The van der Waals surface area contributed by atoms with Crippen LogP contribution in [0.25, 0.3) is 0 Å². The summed E-state index contributed by atoms with van der Waals surface area (Å²) in [7, 11) is 0. The highest BCUT2D eigenvalue weighted by molar-refractivity contribution is 6.03. The number of hydrogen-bond donors (Lipinski definition) is 2. The van der Waals surface area contributed by atoms with Crippen LogP contribution in [0.5, 0.6) is 0 Å². The minimum absolute atomic E-state index is 0.218. The zero-order valence-electron chi connectivity index (χ0n) is 9.75. The largest absolute Gasteiger partial charge is 0.367 e. The van der Waals surface area contributed by atoms with Crippen LogP contribution in [-0.4, -0.2) is 15.6 Å². The van der Waals surface area contributed by atoms with Gasteiger partial charge in [-0.2, -0.15) is 4.98 Å². The molecule has 92 valence electrons. The summed E-state index contributed by atoms with van der Waals surface area (Å²) in [5, 5.41) is 2.58. The number of benzene rings is 1. The maximum atomic E-state index is 11.9. The maximum absolute atomic E-state index is 11.9. The number of hydrogen-bond acceptors (Lipinski definition) is 4. The molecule has 1 amide bonds. The van der Waals surface area contributed by atoms with Gasteiger partial charge in [-0.15, -0.1) is 0 Å². The van der Waals surface area contributed by atoms with Crippen LogP contribution in [0.1, 0.15) is 15.9 Å². The number of nitrogens with zero attached hydrogens (tertiary/aromatic N) is 2. The molecule has 0 radical (unpaired) electrons. The molecule has 0 fully saturated rings. The third-order valence-corrected chi connectivity index (χ3v) is 2.40. The normalized spacial score (nSPS) is 10.1. The van der Waals surface area contributed by atoms with Crippen molar-refractivity contribution in [2.24, 2.45) is 0 Å². The lowest BCUT2D eigenvalue weighted by atomic mass is 10.2. The van der Waals surface area contributed by atoms with Gasteiger partial charge in [-0.3, -0.25) is 4.79 Å². The molecule has 0 spiro atoms. The minimum Gasteiger partial charge on any atom is -0.335 e. The van der Waals surface area contributed by atoms with Crippen LogP contribution in [0.4, 0.5) is 5.82 Å². The van der Waals surface area contributed by atoms with E-state index < -0.39 is 5.69 Å². The Morgan fingerprint density at radius 1 is 1.33 bits per heavy atom. The van der Waals surface area contributed by atoms with Gasteiger partial charge in [0.1, 0.15) is 5.82 Å². The number of rotatable bonds is 2. The van der Waals surface area contributed by atoms with Crippen molar-refractivity contribution < 1.29 is 4.79 Å². The molecule has 0 aliphatic rings. The van der Waals surface area contributed by atoms with E-state index in [1.54, 1.807) is 31.2 Å². The highest BCUT2D eigenvalue weighted by atomic mass is 16.2. The lowest BCUT2D eigenvalue weighted by Gasteiger charge is -2.07. The molecule has 0 atom stereocenters. The van der Waals surface area contributed by atoms with Crippen LogP contribution in [0.3, 0.4) is 0 Å². The molecular weight excluding hydrogens is 232 g/mol. The molecule has 2 rings (SSSR count). The van der Waals surface area contributed by atoms with Crippen molar-refractivity contribution in [2.45, 2.75) is 6.92 Å². The fourth-order valence-corrected chi connectivity index (χ4v) is 1.46. The number of amides is 1. The van der Waals surface area contributed by atoms with Gasteiger partial charge < -0.3 is 11.2 Å². The number of aryl methyl sites for hydroxylation is 1. The zero-order chi connectivity index (χ0) is 13.1. The number of anilines is 1. The number of carbonyl (C=O) groups excluding carboxylic acids is 1. The zero-order valence-corrected chi connectivity index (χ0v) is 9.75. The van der Waals surface area contributed by atoms with Gasteiger partial charge in [0.25, 0.3) is 5.91 Å². The first-order valence-corrected chi connectivity index (χ1v) is 5.29. The summed E-state index contributed by atoms with van der Waals surface area (Å²) in [5.41, 5.74) is 0.487. The van der Waals surface area contributed by atoms with Crippen LogP contribution < -0.4 is 16.8 Å². The Hall–Kier alpha value is -2.63. The highest BCUT2D eigenvalue weighted by Gasteiger charge is 2.09. The Labute approximate surface area is 103 Å². The molecule has 0 unspecified atom stereocenters. The smallest absolute Gasteiger partial charge is 0.335 e. The average molecular weight is 244 g/mol. The number of aromatic nitrogens is 2. The summed E-state index contributed by atoms with van der Waals surface area (Å²) in [6.07, 6.45) is 1.41. The van der Waals surface area contributed by atoms with Crippen molar-refractivity contribution in [3.8, 4) is 0 Å². The Bertz CT molecular complexity index is 634. The van der Waals surface area contributed by atoms with Crippen LogP contribution in [0.15, 0.2) is 41.3 Å². The molecule has 0 aliphatic carbocycles. The van der Waals surface area contributed by atoms with Gasteiger partial charge in [-0.1, -0.05) is 18.2 Å². The van der Waals surface area contributed by atoms with E-state index in [2.05, 4.69) is 10.3 Å². The molecule has 1 aromatic heterocycles. The van der Waals surface area contributed by atoms with Crippen LogP contribution >= 0.6 is 0 Å². The van der Waals surface area contributed by atoms with E-state index >= 15 is 0 Å². The van der Waals surface area contributed by atoms with Crippen molar-refractivity contribution in [3.05, 3.63) is 58.1 Å². The second kappa shape index (κ2) is 4.70. The molecular formula is C12H12N4O2. The third kappa shape index (κ3) is 2.37. The summed E-state index contributed by atoms with van der Waals surface area (Å²) in [5.74, 6) is 5.26. The maximum Gasteiger partial charge on any atom is 0.367 e. The van der Waals surface area contributed by atoms with E-state index in [0.717, 1.165) is 4.68 Å². The van der Waals surface area contributed by atoms with E-state index in [9.17, 15) is 9.59 Å². The molecule has 0 saturated carbocycles. The van der Waals surface area contributed by atoms with E-state index in [0.29, 0.717) is 11.1 Å². The van der Waals surface area contributed by atoms with Gasteiger partial charge in [-0.25, -0.2) is 9.47 Å². The van der Waals surface area contributed by atoms with Gasteiger partial charge in [-0.05, 0) is 19.1 Å². The molecule has 6 nitrogen and oxygen atoms in total. The van der Waals surface area contributed by atoms with Crippen LogP contribution in [0, 0.1) is 6.92 Å². The van der Waals surface area contributed by atoms with E-state index in [1.807, 2.05) is 6.07 Å². The van der Waals surface area contributed by atoms with Gasteiger partial charge in [0.2, 0.25) is 0 Å². The van der Waals surface area contributed by atoms with Crippen LogP contribution in [-0.2, 0) is 0 Å². The molecule has 1 heterocycles. The molecule has 0 bridgehead atoms. The summed E-state index contributed by atoms with van der Waals surface area (Å²) in [4.78, 5) is 26.8. The first-order chi connectivity index (χ1) is 8.58. The third-order valence-electron chi connectivity index (χ3n) is 2.40. The van der Waals surface area contributed by atoms with E-state index in [-0.39, 0.29) is 11.7 Å². The summed E-state index contributed by atoms with van der Waals surface area (Å²) >= 11 is 0. The average Bonchev–Trinajstić information content (AvgIpc) is 2.37. The lowest BCUT2D eigenvalue weighted by molar-refractivity contribution is 0.102. The van der Waals surface area contributed by atoms with E-state index in [1.165, 1.54) is 6.20 Å². The summed E-state index contributed by atoms with van der Waals surface area (Å²) < 4.78 is 0.869. The lowest BCUT2D eigenvalue weighted by Crippen LogP contribution is -2.30. The number of nitrogens with two attached hydrogens (primary N) is 1. The summed E-state index contributed by atoms with van der Waals surface area (Å²) in [6, 6.07) is 8.68. The number of nitrogen functional groups attached to an aromatic ring is 1. The molecule has 18 heavy (non-hydrogen) atoms. The molecule has 6 heteroatoms. The van der Waals surface area contributed by atoms with Crippen molar-refractivity contribution in [1.82, 2.24) is 9.66 Å². The second-order valence-electron chi connectivity index (χ2n) is 3.78. The fraction of sp³-hybridized carbons (Fsp3) is 0.0833. The van der Waals surface area contributed by atoms with Crippen molar-refractivity contribution in [1.29, 1.82) is 0 Å². The van der Waals surface area contributed by atoms with Gasteiger partial charge in [0.05, 0.1) is 0 Å². The monoisotopic (exact) mass is 244 g/mol. The molecule has 0 saturated heterocycles. The minimum atomic E-state index is -0.621. The van der Waals surface area contributed by atoms with Crippen molar-refractivity contribution in [3.63, 3.8) is 0 Å². The van der Waals surface area contributed by atoms with Crippen molar-refractivity contribution >= 4 is 11.7 Å². The van der Waals surface area contributed by atoms with Gasteiger partial charge in [0, 0.05) is 17.3 Å². The molecule has 3 N–H and O–H groups in total. The Kier molecular flexibility index (Phi) is 3.09. The Balaban J connectivity index is 2.28. The predicted molar refractivity (Wildman–Crippen MR) is 67.8 cm³/mol. The summed E-state index contributed by atoms with van der Waals surface area (Å²) in [6.45, 7) is 1.70. The number of nitrogens with one attached hydrogen (secondary N) is 1. The molecule has 2 aromatic rings. The van der Waals surface area contributed by atoms with Crippen LogP contribution in [0.2, 0.25) is 0 Å². The standard InChI is InChI=1S/C12H12N4O2/c1-8-7-16(13)12(18)15-10(8)14-11(17)9-5-3-2-4-6-9/h2-7H,13H2,1H3,(H,14,15,17,18). The topological polar surface area (TPSA) is 90.0 Å². The Morgan fingerprint density at radius 3 is 2.67 bits per heavy atom. The molecule has 1 aromatic carbocycles. The van der Waals surface area contributed by atoms with Crippen molar-refractivity contribution in [2.75, 3.05) is 11.2 Å². The Morgan fingerprint density at radius 2 is 2.00 bits per heavy atom. The highest BCUT2D eigenvalue weighted by Crippen LogP contribution is 2.09. The fourth-order valence-electron chi connectivity index (χ4n) is 1.46. The molecule has 0 aliphatic heterocycles. The number of carbonyl (C=O) groups is 1. The SMILES string of the molecule is Cc1cn(N)c(=O)nc1NC(=O)c1ccccc1. The van der Waals surface area contributed by atoms with E-state index in [4.69, 9.17) is 5.84 Å². The second-order valence-corrected chi connectivity index (χ2v) is 3.78. The van der Waals surface area contributed by atoms with Gasteiger partial charge in [0.15, 0.2) is 0 Å². The predicted octanol–water partition coefficient (Wildman–Crippen LogP) is 0.518.